The normalized spacial score (nSPS) is 14.4. The molecule has 0 unspecified atom stereocenters. The van der Waals surface area contributed by atoms with Crippen LogP contribution in [0.4, 0.5) is 5.82 Å². The van der Waals surface area contributed by atoms with Gasteiger partial charge in [-0.25, -0.2) is 9.97 Å². The molecule has 1 aliphatic carbocycles. The maximum Gasteiger partial charge on any atom is 0.135 e. The topological polar surface area (TPSA) is 69.5 Å². The van der Waals surface area contributed by atoms with Crippen LogP contribution in [0.2, 0.25) is 0 Å². The van der Waals surface area contributed by atoms with Gasteiger partial charge in [0.1, 0.15) is 11.6 Å². The van der Waals surface area contributed by atoms with Crippen molar-refractivity contribution < 1.29 is 10.2 Å². The largest absolute Gasteiger partial charge is 0.395 e. The van der Waals surface area contributed by atoms with Crippen LogP contribution in [0.3, 0.4) is 0 Å². The van der Waals surface area contributed by atoms with Gasteiger partial charge in [-0.1, -0.05) is 0 Å². The Kier molecular flexibility index (Phi) is 4.49. The molecule has 100 valence electrons. The van der Waals surface area contributed by atoms with Gasteiger partial charge >= 0.3 is 0 Å². The summed E-state index contributed by atoms with van der Waals surface area (Å²) in [5, 5.41) is 18.3. The summed E-state index contributed by atoms with van der Waals surface area (Å²) in [5.74, 6) is 1.67. The molecule has 1 aromatic rings. The smallest absolute Gasteiger partial charge is 0.135 e. The third kappa shape index (κ3) is 2.79. The van der Waals surface area contributed by atoms with E-state index in [1.54, 1.807) is 0 Å². The maximum atomic E-state index is 9.13. The molecule has 0 aliphatic heterocycles. The quantitative estimate of drug-likeness (QED) is 0.795. The van der Waals surface area contributed by atoms with E-state index in [4.69, 9.17) is 10.2 Å². The molecule has 2 N–H and O–H groups in total. The second-order valence-corrected chi connectivity index (χ2v) is 4.66. The van der Waals surface area contributed by atoms with Crippen LogP contribution < -0.4 is 4.90 Å². The molecule has 0 spiro atoms. The van der Waals surface area contributed by atoms with Crippen LogP contribution in [-0.4, -0.2) is 46.5 Å². The van der Waals surface area contributed by atoms with Crippen LogP contribution in [-0.2, 0) is 12.8 Å². The Morgan fingerprint density at radius 2 is 1.72 bits per heavy atom. The molecule has 0 amide bonds. The molecule has 0 bridgehead atoms. The predicted molar refractivity (Wildman–Crippen MR) is 69.8 cm³/mol. The van der Waals surface area contributed by atoms with E-state index < -0.39 is 0 Å². The first-order valence-electron chi connectivity index (χ1n) is 6.59. The summed E-state index contributed by atoms with van der Waals surface area (Å²) in [6.45, 7) is 3.04. The average molecular weight is 251 g/mol. The van der Waals surface area contributed by atoms with Gasteiger partial charge in [0.2, 0.25) is 0 Å². The monoisotopic (exact) mass is 251 g/mol. The number of fused-ring (bicyclic) bond motifs is 1. The van der Waals surface area contributed by atoms with Gasteiger partial charge in [-0.15, -0.1) is 0 Å². The molecule has 1 aromatic heterocycles. The third-order valence-electron chi connectivity index (χ3n) is 3.31. The van der Waals surface area contributed by atoms with E-state index in [2.05, 4.69) is 9.97 Å². The fourth-order valence-corrected chi connectivity index (χ4v) is 2.52. The van der Waals surface area contributed by atoms with Crippen molar-refractivity contribution in [2.75, 3.05) is 31.2 Å². The minimum atomic E-state index is 0.0673. The Morgan fingerprint density at radius 3 is 2.39 bits per heavy atom. The molecule has 5 heteroatoms. The molecular weight excluding hydrogens is 230 g/mol. The van der Waals surface area contributed by atoms with Gasteiger partial charge in [-0.2, -0.15) is 0 Å². The van der Waals surface area contributed by atoms with E-state index in [1.165, 1.54) is 18.4 Å². The molecule has 0 radical (unpaired) electrons. The standard InChI is InChI=1S/C13H21N3O2/c1-10-14-12-5-3-2-4-11(12)13(15-10)16(6-8-17)7-9-18/h17-18H,2-9H2,1H3. The van der Waals surface area contributed by atoms with Gasteiger partial charge in [0.05, 0.1) is 13.2 Å². The van der Waals surface area contributed by atoms with Gasteiger partial charge in [0, 0.05) is 24.3 Å². The lowest BCUT2D eigenvalue weighted by Crippen LogP contribution is -2.32. The number of aryl methyl sites for hydroxylation is 2. The van der Waals surface area contributed by atoms with Gasteiger partial charge in [0.15, 0.2) is 0 Å². The highest BCUT2D eigenvalue weighted by Crippen LogP contribution is 2.27. The first-order valence-corrected chi connectivity index (χ1v) is 6.59. The van der Waals surface area contributed by atoms with Crippen molar-refractivity contribution in [2.45, 2.75) is 32.6 Å². The van der Waals surface area contributed by atoms with Gasteiger partial charge in [0.25, 0.3) is 0 Å². The zero-order valence-corrected chi connectivity index (χ0v) is 10.9. The van der Waals surface area contributed by atoms with Crippen molar-refractivity contribution >= 4 is 5.82 Å². The van der Waals surface area contributed by atoms with Crippen LogP contribution >= 0.6 is 0 Å². The van der Waals surface area contributed by atoms with Gasteiger partial charge in [-0.3, -0.25) is 0 Å². The molecule has 1 aliphatic rings. The highest BCUT2D eigenvalue weighted by molar-refractivity contribution is 5.50. The molecular formula is C13H21N3O2. The molecule has 0 saturated carbocycles. The average Bonchev–Trinajstić information content (AvgIpc) is 2.37. The van der Waals surface area contributed by atoms with Gasteiger partial charge < -0.3 is 15.1 Å². The molecule has 5 nitrogen and oxygen atoms in total. The zero-order valence-electron chi connectivity index (χ0n) is 10.9. The summed E-state index contributed by atoms with van der Waals surface area (Å²) in [5.41, 5.74) is 2.35. The molecule has 0 aromatic carbocycles. The second-order valence-electron chi connectivity index (χ2n) is 4.66. The molecule has 0 fully saturated rings. The number of nitrogens with zero attached hydrogens (tertiary/aromatic N) is 3. The van der Waals surface area contributed by atoms with Crippen LogP contribution in [0, 0.1) is 6.92 Å². The number of rotatable bonds is 5. The van der Waals surface area contributed by atoms with Crippen LogP contribution in [0.5, 0.6) is 0 Å². The van der Waals surface area contributed by atoms with Crippen LogP contribution in [0.15, 0.2) is 0 Å². The Bertz CT molecular complexity index is 403. The van der Waals surface area contributed by atoms with Crippen molar-refractivity contribution in [1.82, 2.24) is 9.97 Å². The first kappa shape index (κ1) is 13.2. The summed E-state index contributed by atoms with van der Waals surface area (Å²) in [6.07, 6.45) is 4.36. The first-order chi connectivity index (χ1) is 8.76. The maximum absolute atomic E-state index is 9.13. The minimum Gasteiger partial charge on any atom is -0.395 e. The lowest BCUT2D eigenvalue weighted by Gasteiger charge is -2.27. The van der Waals surface area contributed by atoms with Crippen LogP contribution in [0.25, 0.3) is 0 Å². The predicted octanol–water partition coefficient (Wildman–Crippen LogP) is 0.455. The summed E-state index contributed by atoms with van der Waals surface area (Å²) in [6, 6.07) is 0. The van der Waals surface area contributed by atoms with E-state index in [0.717, 1.165) is 30.2 Å². The zero-order chi connectivity index (χ0) is 13.0. The SMILES string of the molecule is Cc1nc2c(c(N(CCO)CCO)n1)CCCC2. The highest BCUT2D eigenvalue weighted by atomic mass is 16.3. The van der Waals surface area contributed by atoms with Gasteiger partial charge in [-0.05, 0) is 32.6 Å². The summed E-state index contributed by atoms with van der Waals surface area (Å²) in [4.78, 5) is 11.0. The molecule has 2 rings (SSSR count). The van der Waals surface area contributed by atoms with E-state index in [9.17, 15) is 0 Å². The number of aromatic nitrogens is 2. The Morgan fingerprint density at radius 1 is 1.06 bits per heavy atom. The third-order valence-corrected chi connectivity index (χ3v) is 3.31. The Hall–Kier alpha value is -1.20. The Balaban J connectivity index is 2.37. The van der Waals surface area contributed by atoms with E-state index in [-0.39, 0.29) is 13.2 Å². The van der Waals surface area contributed by atoms with Crippen molar-refractivity contribution in [2.24, 2.45) is 0 Å². The molecule has 0 atom stereocenters. The molecule has 0 saturated heterocycles. The van der Waals surface area contributed by atoms with Crippen LogP contribution in [0.1, 0.15) is 29.9 Å². The van der Waals surface area contributed by atoms with E-state index in [0.29, 0.717) is 13.1 Å². The Labute approximate surface area is 107 Å². The molecule has 1 heterocycles. The fraction of sp³-hybridized carbons (Fsp3) is 0.692. The fourth-order valence-electron chi connectivity index (χ4n) is 2.52. The number of anilines is 1. The lowest BCUT2D eigenvalue weighted by atomic mass is 9.96. The number of hydrogen-bond donors (Lipinski definition) is 2. The second kappa shape index (κ2) is 6.11. The van der Waals surface area contributed by atoms with E-state index >= 15 is 0 Å². The summed E-state index contributed by atoms with van der Waals surface area (Å²) >= 11 is 0. The number of aliphatic hydroxyl groups excluding tert-OH is 2. The van der Waals surface area contributed by atoms with Crippen molar-refractivity contribution in [3.8, 4) is 0 Å². The molecule has 18 heavy (non-hydrogen) atoms. The van der Waals surface area contributed by atoms with E-state index in [1.807, 2.05) is 11.8 Å². The minimum absolute atomic E-state index is 0.0673. The lowest BCUT2D eigenvalue weighted by molar-refractivity contribution is 0.280. The van der Waals surface area contributed by atoms with Crippen molar-refractivity contribution in [3.63, 3.8) is 0 Å². The summed E-state index contributed by atoms with van der Waals surface area (Å²) in [7, 11) is 0. The summed E-state index contributed by atoms with van der Waals surface area (Å²) < 4.78 is 0. The number of aliphatic hydroxyl groups is 2. The number of hydrogen-bond acceptors (Lipinski definition) is 5. The highest BCUT2D eigenvalue weighted by Gasteiger charge is 2.20. The van der Waals surface area contributed by atoms with Crippen molar-refractivity contribution in [3.05, 3.63) is 17.1 Å². The van der Waals surface area contributed by atoms with Crippen molar-refractivity contribution in [1.29, 1.82) is 0 Å².